The van der Waals surface area contributed by atoms with Crippen molar-refractivity contribution in [3.05, 3.63) is 0 Å². The van der Waals surface area contributed by atoms with E-state index in [1.807, 2.05) is 0 Å². The molecule has 0 aromatic carbocycles. The van der Waals surface area contributed by atoms with Gasteiger partial charge in [-0.05, 0) is 32.1 Å². The second-order valence-electron chi connectivity index (χ2n) is 5.58. The molecule has 2 aliphatic carbocycles. The molecule has 1 heteroatoms. The van der Waals surface area contributed by atoms with Gasteiger partial charge in [-0.25, -0.2) is 0 Å². The second kappa shape index (κ2) is 3.25. The topological polar surface area (TPSA) is 12.5 Å². The number of hydrogen-bond donors (Lipinski definition) is 0. The van der Waals surface area contributed by atoms with Crippen molar-refractivity contribution >= 4 is 0 Å². The van der Waals surface area contributed by atoms with Crippen molar-refractivity contribution in [2.45, 2.75) is 69.5 Å². The first kappa shape index (κ1) is 9.73. The Morgan fingerprint density at radius 2 is 2.00 bits per heavy atom. The van der Waals surface area contributed by atoms with Crippen LogP contribution in [0.15, 0.2) is 0 Å². The number of hydrogen-bond acceptors (Lipinski definition) is 1. The molecule has 0 N–H and O–H groups in total. The van der Waals surface area contributed by atoms with Gasteiger partial charge in [-0.2, -0.15) is 0 Å². The molecule has 1 spiro atoms. The zero-order chi connectivity index (χ0) is 10.4. The summed E-state index contributed by atoms with van der Waals surface area (Å²) in [6, 6.07) is 0. The lowest BCUT2D eigenvalue weighted by atomic mass is 9.57. The summed E-state index contributed by atoms with van der Waals surface area (Å²) in [7, 11) is 0. The van der Waals surface area contributed by atoms with Crippen LogP contribution in [0.5, 0.6) is 0 Å². The highest BCUT2D eigenvalue weighted by atomic mass is 16.6. The molecular weight excluding hydrogens is 184 g/mol. The van der Waals surface area contributed by atoms with Gasteiger partial charge in [0, 0.05) is 11.8 Å². The molecule has 15 heavy (non-hydrogen) atoms. The molecule has 0 aromatic rings. The Hall–Kier alpha value is -0.480. The van der Waals surface area contributed by atoms with Crippen LogP contribution in [-0.2, 0) is 4.74 Å². The zero-order valence-electron chi connectivity index (χ0n) is 9.43. The maximum atomic E-state index is 6.10. The summed E-state index contributed by atoms with van der Waals surface area (Å²) in [5.41, 5.74) is 0.765. The fourth-order valence-electron chi connectivity index (χ4n) is 4.26. The smallest absolute Gasteiger partial charge is 0.100 e. The SMILES string of the molecule is C#CCCC12CCCCC13OC3CCC2. The minimum atomic E-state index is 0.292. The minimum absolute atomic E-state index is 0.292. The first-order valence-electron chi connectivity index (χ1n) is 6.44. The molecule has 3 atom stereocenters. The molecule has 82 valence electrons. The summed E-state index contributed by atoms with van der Waals surface area (Å²) >= 11 is 0. The Morgan fingerprint density at radius 3 is 2.87 bits per heavy atom. The lowest BCUT2D eigenvalue weighted by Gasteiger charge is -2.45. The lowest BCUT2D eigenvalue weighted by molar-refractivity contribution is 0.0304. The van der Waals surface area contributed by atoms with E-state index in [2.05, 4.69) is 5.92 Å². The van der Waals surface area contributed by atoms with Crippen LogP contribution in [0, 0.1) is 17.8 Å². The van der Waals surface area contributed by atoms with E-state index in [4.69, 9.17) is 11.2 Å². The van der Waals surface area contributed by atoms with Crippen LogP contribution in [0.1, 0.15) is 57.8 Å². The van der Waals surface area contributed by atoms with E-state index < -0.39 is 0 Å². The molecule has 3 fully saturated rings. The Bertz CT molecular complexity index is 299. The maximum Gasteiger partial charge on any atom is 0.100 e. The molecule has 3 unspecified atom stereocenters. The van der Waals surface area contributed by atoms with Gasteiger partial charge in [0.05, 0.1) is 6.10 Å². The van der Waals surface area contributed by atoms with Crippen LogP contribution >= 0.6 is 0 Å². The summed E-state index contributed by atoms with van der Waals surface area (Å²) in [6.07, 6.45) is 17.6. The number of ether oxygens (including phenoxy) is 1. The molecule has 0 aromatic heterocycles. The number of rotatable bonds is 2. The number of terminal acetylenes is 1. The third-order valence-electron chi connectivity index (χ3n) is 5.04. The monoisotopic (exact) mass is 204 g/mol. The minimum Gasteiger partial charge on any atom is -0.365 e. The van der Waals surface area contributed by atoms with Gasteiger partial charge in [0.2, 0.25) is 0 Å². The fourth-order valence-corrected chi connectivity index (χ4v) is 4.26. The molecular formula is C14H20O. The standard InChI is InChI=1S/C14H20O/c1-2-3-8-13-9-4-5-11-14(13)12(15-14)7-6-10-13/h1,12H,3-11H2. The summed E-state index contributed by atoms with van der Waals surface area (Å²) < 4.78 is 6.10. The Balaban J connectivity index is 1.85. The van der Waals surface area contributed by atoms with Crippen LogP contribution in [0.3, 0.4) is 0 Å². The van der Waals surface area contributed by atoms with Crippen molar-refractivity contribution in [3.8, 4) is 12.3 Å². The average molecular weight is 204 g/mol. The van der Waals surface area contributed by atoms with Crippen LogP contribution in [0.25, 0.3) is 0 Å². The van der Waals surface area contributed by atoms with Gasteiger partial charge in [0.15, 0.2) is 0 Å². The summed E-state index contributed by atoms with van der Waals surface area (Å²) in [5.74, 6) is 2.82. The Morgan fingerprint density at radius 1 is 1.20 bits per heavy atom. The fraction of sp³-hybridized carbons (Fsp3) is 0.857. The number of epoxide rings is 1. The molecule has 0 radical (unpaired) electrons. The molecule has 1 heterocycles. The van der Waals surface area contributed by atoms with E-state index in [1.54, 1.807) is 0 Å². The summed E-state index contributed by atoms with van der Waals surface area (Å²) in [6.45, 7) is 0. The van der Waals surface area contributed by atoms with Crippen molar-refractivity contribution in [2.24, 2.45) is 5.41 Å². The Kier molecular flexibility index (Phi) is 2.11. The van der Waals surface area contributed by atoms with Crippen molar-refractivity contribution in [1.29, 1.82) is 0 Å². The summed E-state index contributed by atoms with van der Waals surface area (Å²) in [4.78, 5) is 0. The molecule has 3 aliphatic rings. The first-order valence-corrected chi connectivity index (χ1v) is 6.44. The molecule has 3 rings (SSSR count). The molecule has 1 nitrogen and oxygen atoms in total. The van der Waals surface area contributed by atoms with Gasteiger partial charge in [-0.3, -0.25) is 0 Å². The molecule has 2 saturated carbocycles. The van der Waals surface area contributed by atoms with Gasteiger partial charge >= 0.3 is 0 Å². The predicted octanol–water partition coefficient (Wildman–Crippen LogP) is 3.28. The highest BCUT2D eigenvalue weighted by molar-refractivity contribution is 5.18. The third kappa shape index (κ3) is 1.21. The van der Waals surface area contributed by atoms with Crippen molar-refractivity contribution in [1.82, 2.24) is 0 Å². The van der Waals surface area contributed by atoms with Gasteiger partial charge in [-0.1, -0.05) is 19.3 Å². The van der Waals surface area contributed by atoms with Crippen LogP contribution < -0.4 is 0 Å². The second-order valence-corrected chi connectivity index (χ2v) is 5.58. The largest absolute Gasteiger partial charge is 0.365 e. The van der Waals surface area contributed by atoms with Crippen LogP contribution in [-0.4, -0.2) is 11.7 Å². The van der Waals surface area contributed by atoms with E-state index >= 15 is 0 Å². The molecule has 1 aliphatic heterocycles. The lowest BCUT2D eigenvalue weighted by Crippen LogP contribution is -2.45. The maximum absolute atomic E-state index is 6.10. The quantitative estimate of drug-likeness (QED) is 0.497. The van der Waals surface area contributed by atoms with Gasteiger partial charge < -0.3 is 4.74 Å². The highest BCUT2D eigenvalue weighted by Crippen LogP contribution is 2.66. The van der Waals surface area contributed by atoms with Crippen LogP contribution in [0.4, 0.5) is 0 Å². The van der Waals surface area contributed by atoms with E-state index in [0.29, 0.717) is 17.1 Å². The predicted molar refractivity (Wildman–Crippen MR) is 60.4 cm³/mol. The van der Waals surface area contributed by atoms with E-state index in [0.717, 1.165) is 6.42 Å². The van der Waals surface area contributed by atoms with Crippen molar-refractivity contribution in [3.63, 3.8) is 0 Å². The first-order chi connectivity index (χ1) is 7.33. The van der Waals surface area contributed by atoms with Gasteiger partial charge in [0.1, 0.15) is 5.60 Å². The van der Waals surface area contributed by atoms with Gasteiger partial charge in [-0.15, -0.1) is 12.3 Å². The van der Waals surface area contributed by atoms with E-state index in [1.165, 1.54) is 51.4 Å². The molecule has 0 amide bonds. The molecule has 0 bridgehead atoms. The van der Waals surface area contributed by atoms with E-state index in [-0.39, 0.29) is 0 Å². The Labute approximate surface area is 92.6 Å². The van der Waals surface area contributed by atoms with Gasteiger partial charge in [0.25, 0.3) is 0 Å². The third-order valence-corrected chi connectivity index (χ3v) is 5.04. The average Bonchev–Trinajstić information content (AvgIpc) is 2.98. The normalized spacial score (nSPS) is 47.5. The van der Waals surface area contributed by atoms with Crippen molar-refractivity contribution in [2.75, 3.05) is 0 Å². The molecule has 1 saturated heterocycles. The zero-order valence-corrected chi connectivity index (χ0v) is 9.43. The van der Waals surface area contributed by atoms with Crippen molar-refractivity contribution < 1.29 is 4.74 Å². The highest BCUT2D eigenvalue weighted by Gasteiger charge is 2.69. The van der Waals surface area contributed by atoms with Crippen LogP contribution in [0.2, 0.25) is 0 Å². The summed E-state index contributed by atoms with van der Waals surface area (Å²) in [5, 5.41) is 0. The van der Waals surface area contributed by atoms with E-state index in [9.17, 15) is 0 Å².